The van der Waals surface area contributed by atoms with Gasteiger partial charge >= 0.3 is 5.97 Å². The van der Waals surface area contributed by atoms with Crippen molar-refractivity contribution in [1.82, 2.24) is 9.78 Å². The third kappa shape index (κ3) is 3.79. The molecule has 0 aliphatic rings. The van der Waals surface area contributed by atoms with E-state index in [2.05, 4.69) is 5.10 Å². The van der Waals surface area contributed by atoms with Crippen LogP contribution in [0.15, 0.2) is 58.2 Å². The van der Waals surface area contributed by atoms with Gasteiger partial charge in [-0.05, 0) is 30.0 Å². The fourth-order valence-electron chi connectivity index (χ4n) is 2.57. The third-order valence-corrected chi connectivity index (χ3v) is 4.65. The molecule has 3 aromatic rings. The molecule has 0 saturated carbocycles. The van der Waals surface area contributed by atoms with Crippen molar-refractivity contribution in [3.63, 3.8) is 0 Å². The number of esters is 1. The topological polar surface area (TPSA) is 81.4 Å². The Bertz CT molecular complexity index is 983. The molecule has 1 heterocycles. The quantitative estimate of drug-likeness (QED) is 0.530. The summed E-state index contributed by atoms with van der Waals surface area (Å²) in [5.41, 5.74) is 0.581. The highest BCUT2D eigenvalue weighted by molar-refractivity contribution is 7.98. The van der Waals surface area contributed by atoms with E-state index >= 15 is 0 Å². The van der Waals surface area contributed by atoms with Crippen molar-refractivity contribution >= 4 is 28.5 Å². The van der Waals surface area contributed by atoms with Crippen molar-refractivity contribution in [3.05, 3.63) is 70.1 Å². The summed E-state index contributed by atoms with van der Waals surface area (Å²) in [6.45, 7) is -0.121. The molecule has 0 radical (unpaired) electrons. The Balaban J connectivity index is 1.89. The van der Waals surface area contributed by atoms with Gasteiger partial charge in [0.2, 0.25) is 0 Å². The Hall–Kier alpha value is -2.64. The van der Waals surface area contributed by atoms with Crippen LogP contribution in [-0.2, 0) is 17.9 Å². The summed E-state index contributed by atoms with van der Waals surface area (Å²) < 4.78 is 6.47. The zero-order valence-electron chi connectivity index (χ0n) is 14.2. The number of aliphatic hydroxyl groups is 1. The minimum absolute atomic E-state index is 0.0140. The van der Waals surface area contributed by atoms with Gasteiger partial charge in [-0.1, -0.05) is 30.3 Å². The van der Waals surface area contributed by atoms with Gasteiger partial charge in [0.1, 0.15) is 6.61 Å². The van der Waals surface area contributed by atoms with Gasteiger partial charge in [0, 0.05) is 10.3 Å². The maximum atomic E-state index is 12.6. The number of aliphatic hydroxyl groups excluding tert-OH is 1. The van der Waals surface area contributed by atoms with E-state index in [1.165, 1.54) is 0 Å². The molecule has 0 saturated heterocycles. The maximum Gasteiger partial charge on any atom is 0.359 e. The van der Waals surface area contributed by atoms with Crippen LogP contribution < -0.4 is 5.56 Å². The first kappa shape index (κ1) is 18.2. The lowest BCUT2D eigenvalue weighted by atomic mass is 10.1. The molecule has 134 valence electrons. The van der Waals surface area contributed by atoms with Gasteiger partial charge in [0.25, 0.3) is 5.56 Å². The number of hydrogen-bond acceptors (Lipinski definition) is 6. The number of benzene rings is 2. The fourth-order valence-corrected chi connectivity index (χ4v) is 2.98. The molecule has 0 atom stereocenters. The molecule has 26 heavy (non-hydrogen) atoms. The lowest BCUT2D eigenvalue weighted by Crippen LogP contribution is -2.27. The van der Waals surface area contributed by atoms with E-state index in [1.54, 1.807) is 36.0 Å². The van der Waals surface area contributed by atoms with E-state index in [0.29, 0.717) is 10.8 Å². The first-order valence-corrected chi connectivity index (χ1v) is 9.27. The summed E-state index contributed by atoms with van der Waals surface area (Å²) in [6.07, 6.45) is 1.99. The molecule has 7 heteroatoms. The standard InChI is InChI=1S/C19H18N2O4S/c1-26-14-8-6-13(7-9-14)12-25-19(24)17-15-4-2-3-5-16(15)18(23)21(20-17)10-11-22/h2-9,22H,10-12H2,1H3. The monoisotopic (exact) mass is 370 g/mol. The highest BCUT2D eigenvalue weighted by Crippen LogP contribution is 2.17. The third-order valence-electron chi connectivity index (χ3n) is 3.90. The number of rotatable bonds is 6. The highest BCUT2D eigenvalue weighted by Gasteiger charge is 2.18. The molecule has 0 amide bonds. The molecule has 0 spiro atoms. The molecular weight excluding hydrogens is 352 g/mol. The number of thioether (sulfide) groups is 1. The highest BCUT2D eigenvalue weighted by atomic mass is 32.2. The first-order valence-electron chi connectivity index (χ1n) is 8.05. The van der Waals surface area contributed by atoms with Crippen molar-refractivity contribution in [1.29, 1.82) is 0 Å². The molecule has 0 bridgehead atoms. The van der Waals surface area contributed by atoms with Crippen molar-refractivity contribution in [2.45, 2.75) is 18.0 Å². The molecule has 0 unspecified atom stereocenters. The fraction of sp³-hybridized carbons (Fsp3) is 0.211. The van der Waals surface area contributed by atoms with Crippen LogP contribution in [0, 0.1) is 0 Å². The number of aromatic nitrogens is 2. The average Bonchev–Trinajstić information content (AvgIpc) is 2.69. The Labute approximate surface area is 154 Å². The summed E-state index contributed by atoms with van der Waals surface area (Å²) in [7, 11) is 0. The van der Waals surface area contributed by atoms with Crippen LogP contribution in [0.4, 0.5) is 0 Å². The van der Waals surface area contributed by atoms with Gasteiger partial charge in [0.15, 0.2) is 5.69 Å². The Kier molecular flexibility index (Phi) is 5.70. The molecule has 1 aromatic heterocycles. The SMILES string of the molecule is CSc1ccc(COC(=O)c2nn(CCO)c(=O)c3ccccc23)cc1. The predicted molar refractivity (Wildman–Crippen MR) is 100 cm³/mol. The van der Waals surface area contributed by atoms with E-state index in [9.17, 15) is 9.59 Å². The summed E-state index contributed by atoms with van der Waals surface area (Å²) in [5.74, 6) is -0.609. The number of ether oxygens (including phenoxy) is 1. The molecule has 0 fully saturated rings. The van der Waals surface area contributed by atoms with Gasteiger partial charge in [-0.15, -0.1) is 11.8 Å². The maximum absolute atomic E-state index is 12.6. The summed E-state index contributed by atoms with van der Waals surface area (Å²) in [6, 6.07) is 14.5. The predicted octanol–water partition coefficient (Wildman–Crippen LogP) is 2.47. The van der Waals surface area contributed by atoms with Crippen LogP contribution in [0.5, 0.6) is 0 Å². The van der Waals surface area contributed by atoms with Crippen LogP contribution >= 0.6 is 11.8 Å². The minimum Gasteiger partial charge on any atom is -0.456 e. The number of nitrogens with zero attached hydrogens (tertiary/aromatic N) is 2. The van der Waals surface area contributed by atoms with E-state index < -0.39 is 5.97 Å². The molecule has 2 aromatic carbocycles. The molecule has 1 N–H and O–H groups in total. The van der Waals surface area contributed by atoms with Crippen LogP contribution in [0.1, 0.15) is 16.1 Å². The van der Waals surface area contributed by atoms with Crippen LogP contribution in [0.2, 0.25) is 0 Å². The van der Waals surface area contributed by atoms with Gasteiger partial charge in [0.05, 0.1) is 18.5 Å². The zero-order chi connectivity index (χ0) is 18.5. The number of carbonyl (C=O) groups excluding carboxylic acids is 1. The molecule has 3 rings (SSSR count). The second-order valence-corrected chi connectivity index (χ2v) is 6.45. The molecule has 0 aliphatic carbocycles. The number of carbonyl (C=O) groups is 1. The van der Waals surface area contributed by atoms with Crippen molar-refractivity contribution < 1.29 is 14.6 Å². The van der Waals surface area contributed by atoms with Crippen molar-refractivity contribution in [3.8, 4) is 0 Å². The Morgan fingerprint density at radius 3 is 2.50 bits per heavy atom. The van der Waals surface area contributed by atoms with E-state index in [1.807, 2.05) is 30.5 Å². The molecule has 0 aliphatic heterocycles. The van der Waals surface area contributed by atoms with Gasteiger partial charge in [-0.2, -0.15) is 5.10 Å². The van der Waals surface area contributed by atoms with Gasteiger partial charge in [-0.3, -0.25) is 4.79 Å². The number of fused-ring (bicyclic) bond motifs is 1. The van der Waals surface area contributed by atoms with Crippen LogP contribution in [0.25, 0.3) is 10.8 Å². The van der Waals surface area contributed by atoms with E-state index in [-0.39, 0.29) is 31.0 Å². The zero-order valence-corrected chi connectivity index (χ0v) is 15.0. The molecular formula is C19H18N2O4S. The smallest absolute Gasteiger partial charge is 0.359 e. The average molecular weight is 370 g/mol. The second-order valence-electron chi connectivity index (χ2n) is 5.57. The Morgan fingerprint density at radius 1 is 1.15 bits per heavy atom. The lowest BCUT2D eigenvalue weighted by molar-refractivity contribution is 0.0464. The van der Waals surface area contributed by atoms with E-state index in [4.69, 9.17) is 9.84 Å². The van der Waals surface area contributed by atoms with Crippen molar-refractivity contribution in [2.24, 2.45) is 0 Å². The van der Waals surface area contributed by atoms with Crippen LogP contribution in [0.3, 0.4) is 0 Å². The van der Waals surface area contributed by atoms with Gasteiger partial charge < -0.3 is 9.84 Å². The normalized spacial score (nSPS) is 10.8. The second kappa shape index (κ2) is 8.16. The summed E-state index contributed by atoms with van der Waals surface area (Å²) >= 11 is 1.64. The minimum atomic E-state index is -0.609. The largest absolute Gasteiger partial charge is 0.456 e. The van der Waals surface area contributed by atoms with E-state index in [0.717, 1.165) is 15.1 Å². The van der Waals surface area contributed by atoms with Gasteiger partial charge in [-0.25, -0.2) is 9.48 Å². The number of hydrogen-bond donors (Lipinski definition) is 1. The van der Waals surface area contributed by atoms with Crippen molar-refractivity contribution in [2.75, 3.05) is 12.9 Å². The molecule has 6 nitrogen and oxygen atoms in total. The lowest BCUT2D eigenvalue weighted by Gasteiger charge is -2.10. The Morgan fingerprint density at radius 2 is 1.85 bits per heavy atom. The van der Waals surface area contributed by atoms with Crippen LogP contribution in [-0.4, -0.2) is 33.7 Å². The first-order chi connectivity index (χ1) is 12.6. The summed E-state index contributed by atoms with van der Waals surface area (Å²) in [5, 5.41) is 14.0. The summed E-state index contributed by atoms with van der Waals surface area (Å²) in [4.78, 5) is 26.1.